The van der Waals surface area contributed by atoms with Gasteiger partial charge in [-0.1, -0.05) is 6.58 Å². The normalized spacial score (nSPS) is 10.8. The molecular weight excluding hydrogens is 162 g/mol. The Morgan fingerprint density at radius 3 is 2.73 bits per heavy atom. The van der Waals surface area contributed by atoms with Crippen molar-refractivity contribution in [1.29, 1.82) is 0 Å². The number of rotatable bonds is 4. The SMILES string of the molecule is C=CC(=O)NC(C)(C)CSO. The second-order valence-electron chi connectivity index (χ2n) is 2.85. The fraction of sp³-hybridized carbons (Fsp3) is 0.571. The molecule has 0 aliphatic rings. The van der Waals surface area contributed by atoms with Crippen LogP contribution >= 0.6 is 12.0 Å². The van der Waals surface area contributed by atoms with Gasteiger partial charge in [0, 0.05) is 11.3 Å². The molecule has 0 aliphatic heterocycles. The Hall–Kier alpha value is -0.480. The predicted octanol–water partition coefficient (Wildman–Crippen LogP) is 1.27. The first-order valence-corrected chi connectivity index (χ1v) is 4.17. The molecule has 11 heavy (non-hydrogen) atoms. The molecule has 3 nitrogen and oxygen atoms in total. The van der Waals surface area contributed by atoms with Crippen LogP contribution in [0.3, 0.4) is 0 Å². The smallest absolute Gasteiger partial charge is 0.243 e. The van der Waals surface area contributed by atoms with Gasteiger partial charge in [-0.25, -0.2) is 0 Å². The van der Waals surface area contributed by atoms with E-state index in [2.05, 4.69) is 11.9 Å². The van der Waals surface area contributed by atoms with Crippen LogP contribution in [0.1, 0.15) is 13.8 Å². The monoisotopic (exact) mass is 175 g/mol. The standard InChI is InChI=1S/C7H13NO2S/c1-4-6(9)8-7(2,3)5-11-10/h4,10H,1,5H2,2-3H3,(H,8,9). The van der Waals surface area contributed by atoms with Gasteiger partial charge in [-0.3, -0.25) is 4.79 Å². The van der Waals surface area contributed by atoms with Crippen LogP contribution in [-0.2, 0) is 4.79 Å². The van der Waals surface area contributed by atoms with Gasteiger partial charge in [-0.05, 0) is 32.0 Å². The van der Waals surface area contributed by atoms with Crippen molar-refractivity contribution in [1.82, 2.24) is 5.32 Å². The second kappa shape index (κ2) is 4.41. The molecule has 0 rings (SSSR count). The number of nitrogens with one attached hydrogen (secondary N) is 1. The lowest BCUT2D eigenvalue weighted by molar-refractivity contribution is -0.117. The van der Waals surface area contributed by atoms with Gasteiger partial charge in [-0.2, -0.15) is 0 Å². The van der Waals surface area contributed by atoms with Crippen molar-refractivity contribution < 1.29 is 9.35 Å². The molecule has 64 valence electrons. The van der Waals surface area contributed by atoms with E-state index >= 15 is 0 Å². The summed E-state index contributed by atoms with van der Waals surface area (Å²) in [7, 11) is 0. The van der Waals surface area contributed by atoms with Crippen molar-refractivity contribution in [2.24, 2.45) is 0 Å². The highest BCUT2D eigenvalue weighted by atomic mass is 32.2. The topological polar surface area (TPSA) is 49.3 Å². The summed E-state index contributed by atoms with van der Waals surface area (Å²) in [6, 6.07) is 0. The first-order chi connectivity index (χ1) is 5.02. The molecule has 0 aromatic rings. The van der Waals surface area contributed by atoms with Crippen molar-refractivity contribution in [3.63, 3.8) is 0 Å². The minimum Gasteiger partial charge on any atom is -0.347 e. The highest BCUT2D eigenvalue weighted by Crippen LogP contribution is 2.08. The van der Waals surface area contributed by atoms with E-state index in [0.29, 0.717) is 17.8 Å². The molecule has 0 atom stereocenters. The molecule has 0 spiro atoms. The molecule has 4 heteroatoms. The number of hydrogen-bond acceptors (Lipinski definition) is 3. The molecule has 0 fully saturated rings. The summed E-state index contributed by atoms with van der Waals surface area (Å²) in [6.45, 7) is 6.99. The highest BCUT2D eigenvalue weighted by molar-refractivity contribution is 7.93. The molecule has 0 aromatic carbocycles. The largest absolute Gasteiger partial charge is 0.347 e. The zero-order valence-corrected chi connectivity index (χ0v) is 7.57. The lowest BCUT2D eigenvalue weighted by Gasteiger charge is -2.23. The van der Waals surface area contributed by atoms with E-state index in [1.807, 2.05) is 13.8 Å². The van der Waals surface area contributed by atoms with E-state index in [1.54, 1.807) is 0 Å². The number of hydrogen-bond donors (Lipinski definition) is 2. The molecule has 0 unspecified atom stereocenters. The van der Waals surface area contributed by atoms with Gasteiger partial charge >= 0.3 is 0 Å². The van der Waals surface area contributed by atoms with Crippen LogP contribution in [0, 0.1) is 0 Å². The maximum absolute atomic E-state index is 10.8. The van der Waals surface area contributed by atoms with E-state index in [9.17, 15) is 4.79 Å². The van der Waals surface area contributed by atoms with Crippen LogP contribution in [0.4, 0.5) is 0 Å². The Bertz CT molecular complexity index is 157. The fourth-order valence-electron chi connectivity index (χ4n) is 0.582. The average molecular weight is 175 g/mol. The molecule has 0 bridgehead atoms. The molecule has 0 radical (unpaired) electrons. The Morgan fingerprint density at radius 2 is 2.36 bits per heavy atom. The Kier molecular flexibility index (Phi) is 4.22. The molecule has 1 amide bonds. The van der Waals surface area contributed by atoms with Crippen molar-refractivity contribution in [2.75, 3.05) is 5.75 Å². The molecule has 0 saturated heterocycles. The molecule has 0 heterocycles. The van der Waals surface area contributed by atoms with E-state index < -0.39 is 0 Å². The summed E-state index contributed by atoms with van der Waals surface area (Å²) in [6.07, 6.45) is 1.21. The number of amides is 1. The van der Waals surface area contributed by atoms with Crippen molar-refractivity contribution >= 4 is 17.9 Å². The Morgan fingerprint density at radius 1 is 1.82 bits per heavy atom. The third-order valence-corrected chi connectivity index (χ3v) is 1.92. The molecule has 0 aromatic heterocycles. The summed E-state index contributed by atoms with van der Waals surface area (Å²) in [5.74, 6) is 0.246. The second-order valence-corrected chi connectivity index (χ2v) is 3.40. The first kappa shape index (κ1) is 10.5. The lowest BCUT2D eigenvalue weighted by Crippen LogP contribution is -2.44. The van der Waals surface area contributed by atoms with Gasteiger partial charge in [0.05, 0.1) is 0 Å². The van der Waals surface area contributed by atoms with Gasteiger partial charge in [0.1, 0.15) is 0 Å². The van der Waals surface area contributed by atoms with Gasteiger partial charge in [-0.15, -0.1) is 0 Å². The van der Waals surface area contributed by atoms with Crippen LogP contribution in [0.2, 0.25) is 0 Å². The summed E-state index contributed by atoms with van der Waals surface area (Å²) >= 11 is 0.712. The van der Waals surface area contributed by atoms with E-state index in [0.717, 1.165) is 0 Å². The van der Waals surface area contributed by atoms with E-state index in [1.165, 1.54) is 6.08 Å². The zero-order valence-electron chi connectivity index (χ0n) is 6.76. The minimum atomic E-state index is -0.384. The third-order valence-electron chi connectivity index (χ3n) is 1.07. The number of carbonyl (C=O) groups excluding carboxylic acids is 1. The third kappa shape index (κ3) is 4.86. The molecular formula is C7H13NO2S. The zero-order chi connectivity index (χ0) is 8.91. The highest BCUT2D eigenvalue weighted by Gasteiger charge is 2.18. The average Bonchev–Trinajstić information content (AvgIpc) is 1.86. The maximum atomic E-state index is 10.8. The van der Waals surface area contributed by atoms with Crippen LogP contribution in [0.5, 0.6) is 0 Å². The predicted molar refractivity (Wildman–Crippen MR) is 47.5 cm³/mol. The van der Waals surface area contributed by atoms with Gasteiger partial charge < -0.3 is 9.87 Å². The van der Waals surface area contributed by atoms with E-state index in [4.69, 9.17) is 4.55 Å². The van der Waals surface area contributed by atoms with Crippen LogP contribution in [-0.4, -0.2) is 21.8 Å². The van der Waals surface area contributed by atoms with Crippen molar-refractivity contribution in [2.45, 2.75) is 19.4 Å². The first-order valence-electron chi connectivity index (χ1n) is 3.23. The fourth-order valence-corrected chi connectivity index (χ4v) is 0.977. The van der Waals surface area contributed by atoms with Gasteiger partial charge in [0.15, 0.2) is 0 Å². The van der Waals surface area contributed by atoms with Crippen molar-refractivity contribution in [3.05, 3.63) is 12.7 Å². The van der Waals surface area contributed by atoms with Gasteiger partial charge in [0.2, 0.25) is 5.91 Å². The van der Waals surface area contributed by atoms with Crippen LogP contribution < -0.4 is 5.32 Å². The summed E-state index contributed by atoms with van der Waals surface area (Å²) in [5, 5.41) is 2.67. The lowest BCUT2D eigenvalue weighted by atomic mass is 10.1. The molecule has 0 saturated carbocycles. The molecule has 2 N–H and O–H groups in total. The van der Waals surface area contributed by atoms with Gasteiger partial charge in [0.25, 0.3) is 0 Å². The maximum Gasteiger partial charge on any atom is 0.243 e. The van der Waals surface area contributed by atoms with E-state index in [-0.39, 0.29) is 11.4 Å². The Labute approximate surface area is 71.1 Å². The summed E-state index contributed by atoms with van der Waals surface area (Å²) in [5.41, 5.74) is -0.384. The minimum absolute atomic E-state index is 0.218. The summed E-state index contributed by atoms with van der Waals surface area (Å²) in [4.78, 5) is 10.8. The number of carbonyl (C=O) groups is 1. The Balaban J connectivity index is 3.89. The quantitative estimate of drug-likeness (QED) is 0.500. The van der Waals surface area contributed by atoms with Crippen LogP contribution in [0.15, 0.2) is 12.7 Å². The van der Waals surface area contributed by atoms with Crippen molar-refractivity contribution in [3.8, 4) is 0 Å². The summed E-state index contributed by atoms with van der Waals surface area (Å²) < 4.78 is 8.53. The molecule has 0 aliphatic carbocycles. The van der Waals surface area contributed by atoms with Crippen LogP contribution in [0.25, 0.3) is 0 Å².